The van der Waals surface area contributed by atoms with E-state index in [0.717, 1.165) is 18.1 Å². The highest BCUT2D eigenvalue weighted by atomic mass is 32.1. The minimum atomic E-state index is 0.260. The van der Waals surface area contributed by atoms with Crippen molar-refractivity contribution in [3.05, 3.63) is 22.9 Å². The molecule has 2 aromatic heterocycles. The number of nitrogens with one attached hydrogen (secondary N) is 2. The van der Waals surface area contributed by atoms with Gasteiger partial charge in [0.05, 0.1) is 5.69 Å². The summed E-state index contributed by atoms with van der Waals surface area (Å²) in [6.45, 7) is 2.80. The molecule has 0 saturated carbocycles. The molecule has 0 unspecified atom stereocenters. The van der Waals surface area contributed by atoms with Crippen LogP contribution in [-0.2, 0) is 0 Å². The van der Waals surface area contributed by atoms with Crippen LogP contribution in [-0.4, -0.2) is 16.5 Å². The van der Waals surface area contributed by atoms with E-state index in [1.807, 2.05) is 29.8 Å². The maximum absolute atomic E-state index is 5.62. The predicted molar refractivity (Wildman–Crippen MR) is 68.2 cm³/mol. The summed E-state index contributed by atoms with van der Waals surface area (Å²) in [5.74, 6) is 1.69. The highest BCUT2D eigenvalue weighted by molar-refractivity contribution is 7.08. The fourth-order valence-electron chi connectivity index (χ4n) is 1.29. The Bertz CT molecular complexity index is 454. The highest BCUT2D eigenvalue weighted by Crippen LogP contribution is 2.19. The first kappa shape index (κ1) is 10.7. The van der Waals surface area contributed by atoms with Crippen molar-refractivity contribution in [1.29, 1.82) is 0 Å². The summed E-state index contributed by atoms with van der Waals surface area (Å²) in [5, 5.41) is 10.3. The highest BCUT2D eigenvalue weighted by Gasteiger charge is 2.02. The summed E-state index contributed by atoms with van der Waals surface area (Å²) < 4.78 is 0. The standard InChI is InChI=1S/C10H13N5S/c1-2-12-8-5-9(15-10(11)14-8)13-7-3-4-16-6-7/h3-6H,2H2,1H3,(H4,11,12,13,14,15). The summed E-state index contributed by atoms with van der Waals surface area (Å²) in [5.41, 5.74) is 6.62. The zero-order chi connectivity index (χ0) is 11.4. The molecule has 0 amide bonds. The van der Waals surface area contributed by atoms with E-state index >= 15 is 0 Å². The fraction of sp³-hybridized carbons (Fsp3) is 0.200. The van der Waals surface area contributed by atoms with Gasteiger partial charge in [-0.3, -0.25) is 0 Å². The van der Waals surface area contributed by atoms with Gasteiger partial charge in [0, 0.05) is 18.0 Å². The maximum atomic E-state index is 5.62. The Hall–Kier alpha value is -1.82. The molecule has 0 bridgehead atoms. The average molecular weight is 235 g/mol. The van der Waals surface area contributed by atoms with Crippen molar-refractivity contribution in [3.8, 4) is 0 Å². The molecule has 0 aromatic carbocycles. The molecule has 84 valence electrons. The molecule has 6 heteroatoms. The number of anilines is 4. The Morgan fingerprint density at radius 1 is 1.38 bits per heavy atom. The van der Waals surface area contributed by atoms with Crippen molar-refractivity contribution in [3.63, 3.8) is 0 Å². The van der Waals surface area contributed by atoms with Crippen LogP contribution >= 0.6 is 11.3 Å². The molecule has 5 nitrogen and oxygen atoms in total. The van der Waals surface area contributed by atoms with Crippen molar-refractivity contribution in [2.24, 2.45) is 0 Å². The average Bonchev–Trinajstić information content (AvgIpc) is 2.70. The molecule has 4 N–H and O–H groups in total. The number of nitrogen functional groups attached to an aromatic ring is 1. The maximum Gasteiger partial charge on any atom is 0.223 e. The van der Waals surface area contributed by atoms with Crippen molar-refractivity contribution in [2.45, 2.75) is 6.92 Å². The molecule has 0 aliphatic rings. The van der Waals surface area contributed by atoms with Crippen molar-refractivity contribution in [1.82, 2.24) is 9.97 Å². The first-order chi connectivity index (χ1) is 7.78. The second-order valence-electron chi connectivity index (χ2n) is 3.16. The first-order valence-electron chi connectivity index (χ1n) is 4.95. The normalized spacial score (nSPS) is 10.1. The minimum absolute atomic E-state index is 0.260. The number of hydrogen-bond donors (Lipinski definition) is 3. The molecular formula is C10H13N5S. The van der Waals surface area contributed by atoms with E-state index in [1.165, 1.54) is 0 Å². The predicted octanol–water partition coefficient (Wildman–Crippen LogP) is 2.30. The molecule has 16 heavy (non-hydrogen) atoms. The number of aromatic nitrogens is 2. The van der Waals surface area contributed by atoms with Crippen LogP contribution in [0.5, 0.6) is 0 Å². The largest absolute Gasteiger partial charge is 0.370 e. The van der Waals surface area contributed by atoms with Gasteiger partial charge >= 0.3 is 0 Å². The molecule has 0 atom stereocenters. The van der Waals surface area contributed by atoms with Gasteiger partial charge < -0.3 is 16.4 Å². The van der Waals surface area contributed by atoms with Gasteiger partial charge in [-0.1, -0.05) is 0 Å². The lowest BCUT2D eigenvalue weighted by molar-refractivity contribution is 1.12. The summed E-state index contributed by atoms with van der Waals surface area (Å²) in [7, 11) is 0. The second kappa shape index (κ2) is 4.80. The third-order valence-electron chi connectivity index (χ3n) is 1.89. The van der Waals surface area contributed by atoms with E-state index < -0.39 is 0 Å². The zero-order valence-corrected chi connectivity index (χ0v) is 9.71. The number of nitrogens with zero attached hydrogens (tertiary/aromatic N) is 2. The van der Waals surface area contributed by atoms with E-state index in [2.05, 4.69) is 20.6 Å². The number of hydrogen-bond acceptors (Lipinski definition) is 6. The number of rotatable bonds is 4. The van der Waals surface area contributed by atoms with Gasteiger partial charge in [0.15, 0.2) is 0 Å². The van der Waals surface area contributed by atoms with Crippen LogP contribution in [0.1, 0.15) is 6.92 Å². The third-order valence-corrected chi connectivity index (χ3v) is 2.58. The lowest BCUT2D eigenvalue weighted by atomic mass is 10.4. The quantitative estimate of drug-likeness (QED) is 0.758. The Morgan fingerprint density at radius 2 is 2.19 bits per heavy atom. The van der Waals surface area contributed by atoms with Gasteiger partial charge in [-0.05, 0) is 18.4 Å². The van der Waals surface area contributed by atoms with Gasteiger partial charge in [0.2, 0.25) is 5.95 Å². The Labute approximate surface area is 97.7 Å². The smallest absolute Gasteiger partial charge is 0.223 e. The van der Waals surface area contributed by atoms with E-state index in [1.54, 1.807) is 11.3 Å². The van der Waals surface area contributed by atoms with E-state index in [4.69, 9.17) is 5.73 Å². The Balaban J connectivity index is 2.20. The van der Waals surface area contributed by atoms with Crippen molar-refractivity contribution in [2.75, 3.05) is 22.9 Å². The lowest BCUT2D eigenvalue weighted by Gasteiger charge is -2.07. The van der Waals surface area contributed by atoms with Crippen LogP contribution < -0.4 is 16.4 Å². The third kappa shape index (κ3) is 2.60. The lowest BCUT2D eigenvalue weighted by Crippen LogP contribution is -2.05. The minimum Gasteiger partial charge on any atom is -0.370 e. The van der Waals surface area contributed by atoms with E-state index in [0.29, 0.717) is 5.82 Å². The van der Waals surface area contributed by atoms with Crippen molar-refractivity contribution < 1.29 is 0 Å². The first-order valence-corrected chi connectivity index (χ1v) is 5.90. The van der Waals surface area contributed by atoms with Gasteiger partial charge in [-0.25, -0.2) is 0 Å². The molecule has 2 heterocycles. The van der Waals surface area contributed by atoms with E-state index in [-0.39, 0.29) is 5.95 Å². The van der Waals surface area contributed by atoms with Crippen LogP contribution in [0.3, 0.4) is 0 Å². The molecule has 0 spiro atoms. The zero-order valence-electron chi connectivity index (χ0n) is 8.90. The summed E-state index contributed by atoms with van der Waals surface area (Å²) in [4.78, 5) is 8.18. The van der Waals surface area contributed by atoms with Crippen LogP contribution in [0.25, 0.3) is 0 Å². The monoisotopic (exact) mass is 235 g/mol. The van der Waals surface area contributed by atoms with Gasteiger partial charge in [-0.15, -0.1) is 0 Å². The second-order valence-corrected chi connectivity index (χ2v) is 3.94. The Morgan fingerprint density at radius 3 is 2.88 bits per heavy atom. The number of nitrogens with two attached hydrogens (primary N) is 1. The van der Waals surface area contributed by atoms with E-state index in [9.17, 15) is 0 Å². The topological polar surface area (TPSA) is 75.9 Å². The summed E-state index contributed by atoms with van der Waals surface area (Å²) in [6.07, 6.45) is 0. The van der Waals surface area contributed by atoms with Gasteiger partial charge in [0.1, 0.15) is 11.6 Å². The van der Waals surface area contributed by atoms with Crippen molar-refractivity contribution >= 4 is 34.6 Å². The molecule has 2 aromatic rings. The fourth-order valence-corrected chi connectivity index (χ4v) is 1.87. The SMILES string of the molecule is CCNc1cc(Nc2ccsc2)nc(N)n1. The van der Waals surface area contributed by atoms with Crippen LogP contribution in [0.2, 0.25) is 0 Å². The molecule has 0 radical (unpaired) electrons. The number of thiophene rings is 1. The molecule has 0 aliphatic heterocycles. The molecule has 0 saturated heterocycles. The molecule has 0 aliphatic carbocycles. The van der Waals surface area contributed by atoms with Gasteiger partial charge in [-0.2, -0.15) is 21.3 Å². The molecule has 2 rings (SSSR count). The van der Waals surface area contributed by atoms with Gasteiger partial charge in [0.25, 0.3) is 0 Å². The summed E-state index contributed by atoms with van der Waals surface area (Å²) >= 11 is 1.62. The van der Waals surface area contributed by atoms with Crippen LogP contribution in [0.4, 0.5) is 23.3 Å². The Kier molecular flexibility index (Phi) is 3.21. The summed E-state index contributed by atoms with van der Waals surface area (Å²) in [6, 6.07) is 3.81. The molecular weight excluding hydrogens is 222 g/mol. The van der Waals surface area contributed by atoms with Crippen LogP contribution in [0.15, 0.2) is 22.9 Å². The molecule has 0 fully saturated rings. The van der Waals surface area contributed by atoms with Crippen LogP contribution in [0, 0.1) is 0 Å².